The first-order valence-corrected chi connectivity index (χ1v) is 6.42. The number of nitrogens with two attached hydrogens (primary N) is 1. The molecule has 17 heavy (non-hydrogen) atoms. The SMILES string of the molecule is Cn1nnc(CS(=O)c2ccc(Cl)cc2N)n1. The Morgan fingerprint density at radius 1 is 1.53 bits per heavy atom. The summed E-state index contributed by atoms with van der Waals surface area (Å²) in [5.41, 5.74) is 6.14. The highest BCUT2D eigenvalue weighted by Gasteiger charge is 2.12. The number of anilines is 1. The van der Waals surface area contributed by atoms with Crippen LogP contribution < -0.4 is 5.73 Å². The fourth-order valence-electron chi connectivity index (χ4n) is 1.30. The van der Waals surface area contributed by atoms with Gasteiger partial charge in [0.2, 0.25) is 0 Å². The molecule has 0 aliphatic rings. The molecular weight excluding hydrogens is 262 g/mol. The Bertz CT molecular complexity index is 570. The Morgan fingerprint density at radius 2 is 2.29 bits per heavy atom. The number of hydrogen-bond acceptors (Lipinski definition) is 5. The molecule has 0 saturated heterocycles. The van der Waals surface area contributed by atoms with E-state index in [1.807, 2.05) is 0 Å². The van der Waals surface area contributed by atoms with Gasteiger partial charge < -0.3 is 5.73 Å². The number of rotatable bonds is 3. The lowest BCUT2D eigenvalue weighted by Crippen LogP contribution is -2.02. The van der Waals surface area contributed by atoms with E-state index < -0.39 is 10.8 Å². The first-order chi connectivity index (χ1) is 8.06. The van der Waals surface area contributed by atoms with Crippen molar-refractivity contribution >= 4 is 28.1 Å². The summed E-state index contributed by atoms with van der Waals surface area (Å²) >= 11 is 5.77. The molecule has 0 spiro atoms. The second-order valence-corrected chi connectivity index (χ2v) is 5.22. The number of nitrogens with zero attached hydrogens (tertiary/aromatic N) is 4. The highest BCUT2D eigenvalue weighted by Crippen LogP contribution is 2.22. The van der Waals surface area contributed by atoms with Crippen molar-refractivity contribution in [3.8, 4) is 0 Å². The van der Waals surface area contributed by atoms with E-state index in [1.165, 1.54) is 4.80 Å². The van der Waals surface area contributed by atoms with Crippen LogP contribution in [0.3, 0.4) is 0 Å². The average Bonchev–Trinajstić information content (AvgIpc) is 2.63. The van der Waals surface area contributed by atoms with E-state index in [9.17, 15) is 4.21 Å². The van der Waals surface area contributed by atoms with Crippen molar-refractivity contribution in [3.05, 3.63) is 29.0 Å². The lowest BCUT2D eigenvalue weighted by Gasteiger charge is -2.04. The molecule has 1 aromatic carbocycles. The minimum absolute atomic E-state index is 0.180. The summed E-state index contributed by atoms with van der Waals surface area (Å²) in [6, 6.07) is 4.86. The van der Waals surface area contributed by atoms with Gasteiger partial charge in [-0.15, -0.1) is 10.2 Å². The quantitative estimate of drug-likeness (QED) is 0.833. The second-order valence-electron chi connectivity index (χ2n) is 3.37. The van der Waals surface area contributed by atoms with Gasteiger partial charge in [0.15, 0.2) is 5.82 Å². The topological polar surface area (TPSA) is 86.7 Å². The molecule has 0 fully saturated rings. The van der Waals surface area contributed by atoms with Crippen molar-refractivity contribution in [2.75, 3.05) is 5.73 Å². The van der Waals surface area contributed by atoms with E-state index in [0.717, 1.165) is 0 Å². The standard InChI is InChI=1S/C9H10ClN5OS/c1-15-13-9(12-14-15)5-17(16)8-3-2-6(10)4-7(8)11/h2-4H,5,11H2,1H3. The van der Waals surface area contributed by atoms with Crippen LogP contribution in [0, 0.1) is 0 Å². The summed E-state index contributed by atoms with van der Waals surface area (Å²) < 4.78 is 12.0. The summed E-state index contributed by atoms with van der Waals surface area (Å²) in [6.45, 7) is 0. The van der Waals surface area contributed by atoms with E-state index in [0.29, 0.717) is 21.4 Å². The predicted octanol–water partition coefficient (Wildman–Crippen LogP) is 0.754. The molecule has 0 aliphatic heterocycles. The highest BCUT2D eigenvalue weighted by molar-refractivity contribution is 7.84. The van der Waals surface area contributed by atoms with Gasteiger partial charge >= 0.3 is 0 Å². The van der Waals surface area contributed by atoms with Gasteiger partial charge in [-0.3, -0.25) is 4.21 Å². The number of aryl methyl sites for hydroxylation is 1. The maximum atomic E-state index is 12.0. The first kappa shape index (κ1) is 12.0. The molecule has 0 aliphatic carbocycles. The third-order valence-corrected chi connectivity index (χ3v) is 3.64. The van der Waals surface area contributed by atoms with Crippen molar-refractivity contribution < 1.29 is 4.21 Å². The van der Waals surface area contributed by atoms with Gasteiger partial charge in [0, 0.05) is 10.7 Å². The summed E-state index contributed by atoms with van der Waals surface area (Å²) in [4.78, 5) is 1.85. The molecule has 8 heteroatoms. The van der Waals surface area contributed by atoms with Gasteiger partial charge in [-0.1, -0.05) is 11.6 Å². The molecule has 0 amide bonds. The van der Waals surface area contributed by atoms with Crippen LogP contribution in [0.5, 0.6) is 0 Å². The maximum absolute atomic E-state index is 12.0. The van der Waals surface area contributed by atoms with Crippen LogP contribution in [-0.4, -0.2) is 24.4 Å². The maximum Gasteiger partial charge on any atom is 0.187 e. The van der Waals surface area contributed by atoms with Gasteiger partial charge in [0.1, 0.15) is 0 Å². The molecule has 2 aromatic rings. The predicted molar refractivity (Wildman–Crippen MR) is 64.8 cm³/mol. The zero-order chi connectivity index (χ0) is 12.4. The minimum atomic E-state index is -1.30. The second kappa shape index (κ2) is 4.80. The van der Waals surface area contributed by atoms with Crippen molar-refractivity contribution in [2.24, 2.45) is 7.05 Å². The summed E-state index contributed by atoms with van der Waals surface area (Å²) in [5, 5.41) is 11.9. The molecule has 1 heterocycles. The van der Waals surface area contributed by atoms with Gasteiger partial charge in [0.25, 0.3) is 0 Å². The molecule has 90 valence electrons. The molecule has 1 atom stereocenters. The smallest absolute Gasteiger partial charge is 0.187 e. The minimum Gasteiger partial charge on any atom is -0.398 e. The number of benzene rings is 1. The Hall–Kier alpha value is -1.47. The fraction of sp³-hybridized carbons (Fsp3) is 0.222. The average molecular weight is 272 g/mol. The normalized spacial score (nSPS) is 12.6. The van der Waals surface area contributed by atoms with Crippen molar-refractivity contribution in [3.63, 3.8) is 0 Å². The van der Waals surface area contributed by atoms with Gasteiger partial charge in [-0.25, -0.2) is 0 Å². The van der Waals surface area contributed by atoms with E-state index >= 15 is 0 Å². The molecular formula is C9H10ClN5OS. The number of nitrogen functional groups attached to an aromatic ring is 1. The zero-order valence-corrected chi connectivity index (χ0v) is 10.6. The van der Waals surface area contributed by atoms with Crippen molar-refractivity contribution in [1.29, 1.82) is 0 Å². The van der Waals surface area contributed by atoms with Crippen LogP contribution in [0.1, 0.15) is 5.82 Å². The first-order valence-electron chi connectivity index (χ1n) is 4.72. The van der Waals surface area contributed by atoms with E-state index in [4.69, 9.17) is 17.3 Å². The fourth-order valence-corrected chi connectivity index (χ4v) is 2.53. The highest BCUT2D eigenvalue weighted by atomic mass is 35.5. The van der Waals surface area contributed by atoms with Crippen LogP contribution in [0.25, 0.3) is 0 Å². The van der Waals surface area contributed by atoms with Crippen molar-refractivity contribution in [2.45, 2.75) is 10.6 Å². The molecule has 6 nitrogen and oxygen atoms in total. The summed E-state index contributed by atoms with van der Waals surface area (Å²) in [6.07, 6.45) is 0. The van der Waals surface area contributed by atoms with Crippen LogP contribution in [0.2, 0.25) is 5.02 Å². The molecule has 0 bridgehead atoms. The molecule has 0 saturated carbocycles. The van der Waals surface area contributed by atoms with E-state index in [2.05, 4.69) is 15.4 Å². The molecule has 2 rings (SSSR count). The lowest BCUT2D eigenvalue weighted by molar-refractivity contribution is 0.628. The summed E-state index contributed by atoms with van der Waals surface area (Å²) in [7, 11) is 0.346. The van der Waals surface area contributed by atoms with Crippen LogP contribution in [0.15, 0.2) is 23.1 Å². The monoisotopic (exact) mass is 271 g/mol. The molecule has 1 aromatic heterocycles. The Kier molecular flexibility index (Phi) is 3.39. The van der Waals surface area contributed by atoms with Gasteiger partial charge in [0.05, 0.1) is 28.5 Å². The lowest BCUT2D eigenvalue weighted by atomic mass is 10.3. The van der Waals surface area contributed by atoms with Gasteiger partial charge in [-0.2, -0.15) is 4.80 Å². The molecule has 0 radical (unpaired) electrons. The number of aromatic nitrogens is 4. The number of hydrogen-bond donors (Lipinski definition) is 1. The number of halogens is 1. The largest absolute Gasteiger partial charge is 0.398 e. The van der Waals surface area contributed by atoms with Gasteiger partial charge in [-0.05, 0) is 23.4 Å². The third-order valence-electron chi connectivity index (χ3n) is 2.03. The van der Waals surface area contributed by atoms with Crippen LogP contribution >= 0.6 is 11.6 Å². The molecule has 2 N–H and O–H groups in total. The van der Waals surface area contributed by atoms with Crippen LogP contribution in [-0.2, 0) is 23.6 Å². The van der Waals surface area contributed by atoms with Crippen LogP contribution in [0.4, 0.5) is 5.69 Å². The zero-order valence-electron chi connectivity index (χ0n) is 9.00. The number of tetrazole rings is 1. The summed E-state index contributed by atoms with van der Waals surface area (Å²) in [5.74, 6) is 0.597. The van der Waals surface area contributed by atoms with E-state index in [1.54, 1.807) is 25.2 Å². The molecule has 1 unspecified atom stereocenters. The van der Waals surface area contributed by atoms with E-state index in [-0.39, 0.29) is 5.75 Å². The third kappa shape index (κ3) is 2.80. The Labute approximate surface area is 105 Å². The Morgan fingerprint density at radius 3 is 2.88 bits per heavy atom. The van der Waals surface area contributed by atoms with Crippen molar-refractivity contribution in [1.82, 2.24) is 20.2 Å². The Balaban J connectivity index is 2.20.